The van der Waals surface area contributed by atoms with Gasteiger partial charge in [-0.2, -0.15) is 0 Å². The first-order valence-corrected chi connectivity index (χ1v) is 4.95. The first-order chi connectivity index (χ1) is 6.88. The van der Waals surface area contributed by atoms with Crippen LogP contribution < -0.4 is 4.74 Å². The summed E-state index contributed by atoms with van der Waals surface area (Å²) in [6, 6.07) is 5.36. The number of hydrogen-bond donors (Lipinski definition) is 0. The molecular formula is C10H8O3S. The summed E-state index contributed by atoms with van der Waals surface area (Å²) in [6.07, 6.45) is 2.41. The minimum Gasteiger partial charge on any atom is -0.485 e. The van der Waals surface area contributed by atoms with Crippen molar-refractivity contribution in [1.29, 1.82) is 0 Å². The zero-order valence-electron chi connectivity index (χ0n) is 7.30. The van der Waals surface area contributed by atoms with Gasteiger partial charge in [-0.05, 0) is 12.1 Å². The predicted molar refractivity (Wildman–Crippen MR) is 52.7 cm³/mol. The number of ether oxygens (including phenoxy) is 1. The third-order valence-electron chi connectivity index (χ3n) is 1.67. The van der Waals surface area contributed by atoms with Crippen molar-refractivity contribution in [3.8, 4) is 5.75 Å². The molecule has 2 heterocycles. The molecule has 0 aliphatic carbocycles. The van der Waals surface area contributed by atoms with Crippen LogP contribution >= 0.6 is 11.3 Å². The summed E-state index contributed by atoms with van der Waals surface area (Å²) in [6.45, 7) is 0.391. The third-order valence-corrected chi connectivity index (χ3v) is 2.51. The summed E-state index contributed by atoms with van der Waals surface area (Å²) < 4.78 is 10.5. The highest BCUT2D eigenvalue weighted by atomic mass is 32.1. The molecule has 2 aromatic heterocycles. The van der Waals surface area contributed by atoms with Crippen LogP contribution in [-0.2, 0) is 6.61 Å². The molecule has 0 aliphatic rings. The number of aldehydes is 1. The lowest BCUT2D eigenvalue weighted by Gasteiger charge is -1.99. The maximum Gasteiger partial charge on any atom is 0.160 e. The molecule has 72 valence electrons. The Morgan fingerprint density at radius 2 is 2.50 bits per heavy atom. The molecule has 0 radical (unpaired) electrons. The van der Waals surface area contributed by atoms with Crippen molar-refractivity contribution in [2.45, 2.75) is 6.61 Å². The quantitative estimate of drug-likeness (QED) is 0.725. The second-order valence-corrected chi connectivity index (χ2v) is 3.61. The van der Waals surface area contributed by atoms with Crippen molar-refractivity contribution in [3.63, 3.8) is 0 Å². The van der Waals surface area contributed by atoms with E-state index in [9.17, 15) is 4.79 Å². The fraction of sp³-hybridized carbons (Fsp3) is 0.100. The number of hydrogen-bond acceptors (Lipinski definition) is 4. The van der Waals surface area contributed by atoms with E-state index in [2.05, 4.69) is 0 Å². The highest BCUT2D eigenvalue weighted by molar-refractivity contribution is 7.11. The van der Waals surface area contributed by atoms with Crippen LogP contribution in [-0.4, -0.2) is 6.29 Å². The Morgan fingerprint density at radius 1 is 1.57 bits per heavy atom. The standard InChI is InChI=1S/C10H8O3S/c11-5-10-4-9(7-14-10)13-6-8-2-1-3-12-8/h1-5,7H,6H2. The van der Waals surface area contributed by atoms with Crippen LogP contribution in [0.15, 0.2) is 34.3 Å². The highest BCUT2D eigenvalue weighted by Gasteiger charge is 2.01. The lowest BCUT2D eigenvalue weighted by atomic mass is 10.4. The Kier molecular flexibility index (Phi) is 2.65. The van der Waals surface area contributed by atoms with Gasteiger partial charge in [0.15, 0.2) is 6.29 Å². The van der Waals surface area contributed by atoms with Gasteiger partial charge in [-0.1, -0.05) is 0 Å². The number of thiophene rings is 1. The normalized spacial score (nSPS) is 10.0. The molecule has 3 nitrogen and oxygen atoms in total. The second kappa shape index (κ2) is 4.11. The zero-order chi connectivity index (χ0) is 9.80. The van der Waals surface area contributed by atoms with Crippen molar-refractivity contribution in [2.75, 3.05) is 0 Å². The summed E-state index contributed by atoms with van der Waals surface area (Å²) in [5.41, 5.74) is 0. The van der Waals surface area contributed by atoms with E-state index in [1.165, 1.54) is 11.3 Å². The average Bonchev–Trinajstić information content (AvgIpc) is 2.86. The molecule has 0 spiro atoms. The monoisotopic (exact) mass is 208 g/mol. The van der Waals surface area contributed by atoms with Gasteiger partial charge in [-0.3, -0.25) is 4.79 Å². The van der Waals surface area contributed by atoms with Gasteiger partial charge in [-0.25, -0.2) is 0 Å². The summed E-state index contributed by atoms with van der Waals surface area (Å²) in [4.78, 5) is 11.1. The minimum atomic E-state index is 0.391. The SMILES string of the molecule is O=Cc1cc(OCc2ccco2)cs1. The molecule has 0 aliphatic heterocycles. The highest BCUT2D eigenvalue weighted by Crippen LogP contribution is 2.20. The Hall–Kier alpha value is -1.55. The number of carbonyl (C=O) groups excluding carboxylic acids is 1. The van der Waals surface area contributed by atoms with Crippen molar-refractivity contribution >= 4 is 17.6 Å². The second-order valence-electron chi connectivity index (χ2n) is 2.67. The zero-order valence-corrected chi connectivity index (χ0v) is 8.12. The number of carbonyl (C=O) groups is 1. The van der Waals surface area contributed by atoms with E-state index >= 15 is 0 Å². The number of furan rings is 1. The van der Waals surface area contributed by atoms with Crippen molar-refractivity contribution < 1.29 is 13.9 Å². The molecule has 2 aromatic rings. The molecule has 14 heavy (non-hydrogen) atoms. The first kappa shape index (κ1) is 9.02. The van der Waals surface area contributed by atoms with Crippen molar-refractivity contribution in [2.24, 2.45) is 0 Å². The third kappa shape index (κ3) is 2.03. The van der Waals surface area contributed by atoms with E-state index in [4.69, 9.17) is 9.15 Å². The topological polar surface area (TPSA) is 39.4 Å². The van der Waals surface area contributed by atoms with Crippen LogP contribution in [0.4, 0.5) is 0 Å². The molecular weight excluding hydrogens is 200 g/mol. The Labute approximate surface area is 84.9 Å². The Bertz CT molecular complexity index is 403. The lowest BCUT2D eigenvalue weighted by molar-refractivity contribution is 0.112. The fourth-order valence-corrected chi connectivity index (χ4v) is 1.65. The average molecular weight is 208 g/mol. The van der Waals surface area contributed by atoms with Gasteiger partial charge in [0, 0.05) is 11.4 Å². The van der Waals surface area contributed by atoms with Crippen LogP contribution in [0.25, 0.3) is 0 Å². The predicted octanol–water partition coefficient (Wildman–Crippen LogP) is 2.73. The van der Waals surface area contributed by atoms with Gasteiger partial charge in [0.25, 0.3) is 0 Å². The van der Waals surface area contributed by atoms with Crippen LogP contribution in [0.5, 0.6) is 5.75 Å². The van der Waals surface area contributed by atoms with Gasteiger partial charge in [0.2, 0.25) is 0 Å². The number of rotatable bonds is 4. The van der Waals surface area contributed by atoms with E-state index in [-0.39, 0.29) is 0 Å². The van der Waals surface area contributed by atoms with Gasteiger partial charge in [0.1, 0.15) is 18.1 Å². The smallest absolute Gasteiger partial charge is 0.160 e. The minimum absolute atomic E-state index is 0.391. The van der Waals surface area contributed by atoms with Crippen LogP contribution in [0, 0.1) is 0 Å². The largest absolute Gasteiger partial charge is 0.485 e. The van der Waals surface area contributed by atoms with Crippen LogP contribution in [0.3, 0.4) is 0 Å². The van der Waals surface area contributed by atoms with Crippen LogP contribution in [0.1, 0.15) is 15.4 Å². The molecule has 0 atom stereocenters. The molecule has 4 heteroatoms. The van der Waals surface area contributed by atoms with E-state index < -0.39 is 0 Å². The Morgan fingerprint density at radius 3 is 3.14 bits per heavy atom. The van der Waals surface area contributed by atoms with Gasteiger partial charge >= 0.3 is 0 Å². The maximum absolute atomic E-state index is 10.4. The molecule has 0 N–H and O–H groups in total. The fourth-order valence-electron chi connectivity index (χ4n) is 1.02. The molecule has 0 fully saturated rings. The molecule has 0 saturated heterocycles. The van der Waals surface area contributed by atoms with Gasteiger partial charge < -0.3 is 9.15 Å². The summed E-state index contributed by atoms with van der Waals surface area (Å²) in [5, 5.41) is 1.80. The first-order valence-electron chi connectivity index (χ1n) is 4.07. The van der Waals surface area contributed by atoms with Gasteiger partial charge in [0.05, 0.1) is 11.1 Å². The molecule has 0 saturated carbocycles. The van der Waals surface area contributed by atoms with E-state index in [0.29, 0.717) is 17.2 Å². The van der Waals surface area contributed by atoms with E-state index in [1.54, 1.807) is 17.7 Å². The summed E-state index contributed by atoms with van der Waals surface area (Å²) in [7, 11) is 0. The van der Waals surface area contributed by atoms with E-state index in [1.807, 2.05) is 12.1 Å². The lowest BCUT2D eigenvalue weighted by Crippen LogP contribution is -1.91. The van der Waals surface area contributed by atoms with E-state index in [0.717, 1.165) is 12.0 Å². The van der Waals surface area contributed by atoms with Crippen LogP contribution in [0.2, 0.25) is 0 Å². The summed E-state index contributed by atoms with van der Waals surface area (Å²) in [5.74, 6) is 1.47. The molecule has 2 rings (SSSR count). The summed E-state index contributed by atoms with van der Waals surface area (Å²) >= 11 is 1.36. The molecule has 0 bridgehead atoms. The maximum atomic E-state index is 10.4. The Balaban J connectivity index is 1.95. The molecule has 0 amide bonds. The molecule has 0 aromatic carbocycles. The van der Waals surface area contributed by atoms with Gasteiger partial charge in [-0.15, -0.1) is 11.3 Å². The van der Waals surface area contributed by atoms with Crippen molar-refractivity contribution in [1.82, 2.24) is 0 Å². The van der Waals surface area contributed by atoms with Crippen molar-refractivity contribution in [3.05, 3.63) is 40.5 Å². The molecule has 0 unspecified atom stereocenters.